The fourth-order valence-electron chi connectivity index (χ4n) is 5.67. The SMILES string of the molecule is COCOc1ccc2c(c1)C1=CC(=O)CC[C@@]13[C@@H](C(C)(C)O)CC[C@@]3(C)O2. The second-order valence-corrected chi connectivity index (χ2v) is 8.78. The Morgan fingerprint density at radius 2 is 2.11 bits per heavy atom. The summed E-state index contributed by atoms with van der Waals surface area (Å²) in [5.41, 5.74) is 0.209. The van der Waals surface area contributed by atoms with Gasteiger partial charge in [-0.3, -0.25) is 4.79 Å². The highest BCUT2D eigenvalue weighted by atomic mass is 16.7. The van der Waals surface area contributed by atoms with Gasteiger partial charge in [-0.2, -0.15) is 0 Å². The van der Waals surface area contributed by atoms with Crippen LogP contribution in [-0.2, 0) is 9.53 Å². The molecule has 1 spiro atoms. The van der Waals surface area contributed by atoms with Gasteiger partial charge in [0.2, 0.25) is 0 Å². The molecule has 27 heavy (non-hydrogen) atoms. The predicted octanol–water partition coefficient (Wildman–Crippen LogP) is 3.73. The highest BCUT2D eigenvalue weighted by Crippen LogP contribution is 2.68. The minimum Gasteiger partial charge on any atom is -0.486 e. The number of carbonyl (C=O) groups excluding carboxylic acids is 1. The lowest BCUT2D eigenvalue weighted by Gasteiger charge is -2.55. The van der Waals surface area contributed by atoms with Gasteiger partial charge in [-0.05, 0) is 69.9 Å². The van der Waals surface area contributed by atoms with Gasteiger partial charge in [0.15, 0.2) is 12.6 Å². The third-order valence-electron chi connectivity index (χ3n) is 6.77. The summed E-state index contributed by atoms with van der Waals surface area (Å²) in [5, 5.41) is 11.0. The number of hydrogen-bond donors (Lipinski definition) is 1. The Balaban J connectivity index is 1.91. The maximum atomic E-state index is 12.4. The van der Waals surface area contributed by atoms with Crippen LogP contribution in [0.5, 0.6) is 11.5 Å². The number of hydrogen-bond acceptors (Lipinski definition) is 5. The van der Waals surface area contributed by atoms with Crippen molar-refractivity contribution in [3.05, 3.63) is 29.8 Å². The van der Waals surface area contributed by atoms with E-state index in [4.69, 9.17) is 14.2 Å². The van der Waals surface area contributed by atoms with Gasteiger partial charge < -0.3 is 19.3 Å². The summed E-state index contributed by atoms with van der Waals surface area (Å²) in [5.74, 6) is 1.60. The van der Waals surface area contributed by atoms with Crippen molar-refractivity contribution in [2.24, 2.45) is 11.3 Å². The van der Waals surface area contributed by atoms with E-state index in [0.29, 0.717) is 18.6 Å². The number of benzene rings is 1. The van der Waals surface area contributed by atoms with Crippen LogP contribution < -0.4 is 9.47 Å². The fraction of sp³-hybridized carbons (Fsp3) is 0.591. The van der Waals surface area contributed by atoms with Gasteiger partial charge in [0.1, 0.15) is 17.1 Å². The molecule has 146 valence electrons. The van der Waals surface area contributed by atoms with Gasteiger partial charge in [-0.25, -0.2) is 0 Å². The van der Waals surface area contributed by atoms with Crippen LogP contribution in [0.25, 0.3) is 5.57 Å². The summed E-state index contributed by atoms with van der Waals surface area (Å²) < 4.78 is 17.2. The zero-order valence-electron chi connectivity index (χ0n) is 16.5. The maximum absolute atomic E-state index is 12.4. The first kappa shape index (κ1) is 18.5. The summed E-state index contributed by atoms with van der Waals surface area (Å²) in [6.07, 6.45) is 4.70. The van der Waals surface area contributed by atoms with Gasteiger partial charge in [-0.15, -0.1) is 0 Å². The molecule has 1 fully saturated rings. The summed E-state index contributed by atoms with van der Waals surface area (Å²) in [6.45, 7) is 6.05. The van der Waals surface area contributed by atoms with E-state index >= 15 is 0 Å². The minimum atomic E-state index is -0.859. The molecule has 0 bridgehead atoms. The van der Waals surface area contributed by atoms with Crippen molar-refractivity contribution in [2.75, 3.05) is 13.9 Å². The Kier molecular flexibility index (Phi) is 4.17. The topological polar surface area (TPSA) is 65.0 Å². The zero-order chi connectivity index (χ0) is 19.4. The third kappa shape index (κ3) is 2.63. The number of methoxy groups -OCH3 is 1. The van der Waals surface area contributed by atoms with Crippen molar-refractivity contribution in [2.45, 2.75) is 57.7 Å². The van der Waals surface area contributed by atoms with E-state index in [1.807, 2.05) is 32.0 Å². The van der Waals surface area contributed by atoms with Gasteiger partial charge in [0.25, 0.3) is 0 Å². The smallest absolute Gasteiger partial charge is 0.188 e. The number of carbonyl (C=O) groups is 1. The number of ketones is 1. The molecule has 0 amide bonds. The molecular formula is C22H28O5. The predicted molar refractivity (Wildman–Crippen MR) is 102 cm³/mol. The van der Waals surface area contributed by atoms with E-state index in [9.17, 15) is 9.90 Å². The molecular weight excluding hydrogens is 344 g/mol. The molecule has 3 aliphatic rings. The van der Waals surface area contributed by atoms with Crippen LogP contribution in [-0.4, -0.2) is 36.0 Å². The quantitative estimate of drug-likeness (QED) is 0.816. The number of allylic oxidation sites excluding steroid dienone is 1. The molecule has 1 aromatic rings. The summed E-state index contributed by atoms with van der Waals surface area (Å²) in [6, 6.07) is 5.70. The van der Waals surface area contributed by atoms with Gasteiger partial charge in [0, 0.05) is 30.4 Å². The highest BCUT2D eigenvalue weighted by molar-refractivity contribution is 6.01. The molecule has 2 aliphatic carbocycles. The third-order valence-corrected chi connectivity index (χ3v) is 6.77. The van der Waals surface area contributed by atoms with Crippen molar-refractivity contribution in [3.63, 3.8) is 0 Å². The molecule has 4 rings (SSSR count). The second kappa shape index (κ2) is 6.08. The Morgan fingerprint density at radius 1 is 1.33 bits per heavy atom. The van der Waals surface area contributed by atoms with Crippen molar-refractivity contribution in [3.8, 4) is 11.5 Å². The van der Waals surface area contributed by atoms with Crippen molar-refractivity contribution in [1.29, 1.82) is 0 Å². The summed E-state index contributed by atoms with van der Waals surface area (Å²) in [4.78, 5) is 12.4. The van der Waals surface area contributed by atoms with Crippen molar-refractivity contribution >= 4 is 11.4 Å². The van der Waals surface area contributed by atoms with E-state index in [0.717, 1.165) is 29.7 Å². The first-order valence-corrected chi connectivity index (χ1v) is 9.64. The van der Waals surface area contributed by atoms with Crippen LogP contribution in [0.15, 0.2) is 24.3 Å². The van der Waals surface area contributed by atoms with Gasteiger partial charge in [0.05, 0.1) is 5.60 Å². The monoisotopic (exact) mass is 372 g/mol. The van der Waals surface area contributed by atoms with Crippen molar-refractivity contribution < 1.29 is 24.1 Å². The Hall–Kier alpha value is -1.85. The van der Waals surface area contributed by atoms with E-state index < -0.39 is 11.2 Å². The number of ether oxygens (including phenoxy) is 3. The lowest BCUT2D eigenvalue weighted by atomic mass is 9.54. The Morgan fingerprint density at radius 3 is 2.81 bits per heavy atom. The van der Waals surface area contributed by atoms with Crippen LogP contribution in [0.2, 0.25) is 0 Å². The Bertz CT molecular complexity index is 805. The first-order valence-electron chi connectivity index (χ1n) is 9.64. The molecule has 3 atom stereocenters. The van der Waals surface area contributed by atoms with Crippen LogP contribution in [0.4, 0.5) is 0 Å². The second-order valence-electron chi connectivity index (χ2n) is 8.78. The van der Waals surface area contributed by atoms with Crippen LogP contribution in [0, 0.1) is 11.3 Å². The van der Waals surface area contributed by atoms with Gasteiger partial charge >= 0.3 is 0 Å². The lowest BCUT2D eigenvalue weighted by molar-refractivity contribution is -0.119. The number of rotatable bonds is 4. The van der Waals surface area contributed by atoms with Crippen molar-refractivity contribution in [1.82, 2.24) is 0 Å². The minimum absolute atomic E-state index is 0.0195. The number of fused-ring (bicyclic) bond motifs is 2. The standard InChI is InChI=1S/C22H28O5/c1-20(2,24)19-8-9-21(3)22(19)10-7-14(23)11-17(22)16-12-15(26-13-25-4)5-6-18(16)27-21/h5-6,11-12,19,24H,7-10,13H2,1-4H3/t19-,21-,22+/m1/s1. The fourth-order valence-corrected chi connectivity index (χ4v) is 5.67. The molecule has 1 N–H and O–H groups in total. The molecule has 0 aromatic heterocycles. The first-order chi connectivity index (χ1) is 12.7. The van der Waals surface area contributed by atoms with E-state index in [1.165, 1.54) is 0 Å². The summed E-state index contributed by atoms with van der Waals surface area (Å²) >= 11 is 0. The van der Waals surface area contributed by atoms with E-state index in [-0.39, 0.29) is 23.9 Å². The number of aliphatic hydroxyl groups is 1. The van der Waals surface area contributed by atoms with Crippen LogP contribution in [0.3, 0.4) is 0 Å². The summed E-state index contributed by atoms with van der Waals surface area (Å²) in [7, 11) is 1.58. The molecule has 1 saturated carbocycles. The lowest BCUT2D eigenvalue weighted by Crippen LogP contribution is -2.57. The molecule has 5 nitrogen and oxygen atoms in total. The zero-order valence-corrected chi connectivity index (χ0v) is 16.5. The molecule has 5 heteroatoms. The molecule has 1 heterocycles. The van der Waals surface area contributed by atoms with Crippen LogP contribution in [0.1, 0.15) is 52.0 Å². The normalized spacial score (nSPS) is 32.1. The molecule has 1 aromatic carbocycles. The average molecular weight is 372 g/mol. The average Bonchev–Trinajstić information content (AvgIpc) is 2.90. The van der Waals surface area contributed by atoms with Gasteiger partial charge in [-0.1, -0.05) is 0 Å². The largest absolute Gasteiger partial charge is 0.486 e. The van der Waals surface area contributed by atoms with E-state index in [2.05, 4.69) is 6.92 Å². The maximum Gasteiger partial charge on any atom is 0.188 e. The molecule has 1 aliphatic heterocycles. The molecule has 0 unspecified atom stereocenters. The van der Waals surface area contributed by atoms with E-state index in [1.54, 1.807) is 13.2 Å². The molecule has 0 radical (unpaired) electrons. The highest BCUT2D eigenvalue weighted by Gasteiger charge is 2.67. The van der Waals surface area contributed by atoms with Crippen LogP contribution >= 0.6 is 0 Å². The molecule has 0 saturated heterocycles. The Labute approximate surface area is 160 Å².